The van der Waals surface area contributed by atoms with E-state index >= 15 is 0 Å². The Bertz CT molecular complexity index is 1260. The predicted molar refractivity (Wildman–Crippen MR) is 110 cm³/mol. The van der Waals surface area contributed by atoms with Crippen molar-refractivity contribution in [1.29, 1.82) is 0 Å². The second-order valence-corrected chi connectivity index (χ2v) is 8.16. The van der Waals surface area contributed by atoms with Crippen molar-refractivity contribution in [2.75, 3.05) is 4.72 Å². The fourth-order valence-corrected chi connectivity index (χ4v) is 4.21. The Morgan fingerprint density at radius 1 is 0.893 bits per heavy atom. The van der Waals surface area contributed by atoms with Crippen LogP contribution in [-0.2, 0) is 23.0 Å². The molecule has 142 valence electrons. The standard InChI is InChI=1S/C21H19N3O3S/c25-21-19-15-17(23-28(26,27)18-9-5-2-6-10-18)11-12-20(19)24(22-21)14-13-16-7-3-1-4-8-16/h1-12,15,23H,13-14H2,(H,22,25). The van der Waals surface area contributed by atoms with Crippen molar-refractivity contribution >= 4 is 26.6 Å². The van der Waals surface area contributed by atoms with Crippen molar-refractivity contribution in [1.82, 2.24) is 9.78 Å². The highest BCUT2D eigenvalue weighted by Crippen LogP contribution is 2.20. The maximum absolute atomic E-state index is 12.5. The molecule has 1 aromatic heterocycles. The van der Waals surface area contributed by atoms with Crippen molar-refractivity contribution in [2.24, 2.45) is 0 Å². The van der Waals surface area contributed by atoms with Gasteiger partial charge < -0.3 is 0 Å². The fourth-order valence-electron chi connectivity index (χ4n) is 3.14. The SMILES string of the molecule is O=c1[nH]n(CCc2ccccc2)c2ccc(NS(=O)(=O)c3ccccc3)cc12. The average Bonchev–Trinajstić information content (AvgIpc) is 3.03. The van der Waals surface area contributed by atoms with Gasteiger partial charge in [-0.25, -0.2) is 8.42 Å². The Kier molecular flexibility index (Phi) is 4.75. The molecule has 3 aromatic carbocycles. The van der Waals surface area contributed by atoms with Gasteiger partial charge in [-0.15, -0.1) is 0 Å². The molecular weight excluding hydrogens is 374 g/mol. The van der Waals surface area contributed by atoms with Crippen molar-refractivity contribution in [2.45, 2.75) is 17.9 Å². The molecule has 0 aliphatic carbocycles. The van der Waals surface area contributed by atoms with E-state index in [2.05, 4.69) is 9.82 Å². The Morgan fingerprint density at radius 3 is 2.29 bits per heavy atom. The molecule has 0 saturated heterocycles. The molecule has 0 radical (unpaired) electrons. The molecule has 0 bridgehead atoms. The zero-order chi connectivity index (χ0) is 19.6. The smallest absolute Gasteiger partial charge is 0.272 e. The van der Waals surface area contributed by atoms with Gasteiger partial charge in [0.1, 0.15) is 0 Å². The minimum absolute atomic E-state index is 0.171. The lowest BCUT2D eigenvalue weighted by Crippen LogP contribution is -2.12. The van der Waals surface area contributed by atoms with E-state index in [1.54, 1.807) is 41.1 Å². The number of nitrogens with one attached hydrogen (secondary N) is 2. The van der Waals surface area contributed by atoms with Crippen LogP contribution in [0.1, 0.15) is 5.56 Å². The lowest BCUT2D eigenvalue weighted by atomic mass is 10.1. The van der Waals surface area contributed by atoms with Crippen LogP contribution in [0.15, 0.2) is 88.6 Å². The van der Waals surface area contributed by atoms with Gasteiger partial charge in [0.2, 0.25) is 0 Å². The molecule has 4 aromatic rings. The number of nitrogens with zero attached hydrogens (tertiary/aromatic N) is 1. The topological polar surface area (TPSA) is 84.0 Å². The van der Waals surface area contributed by atoms with Gasteiger partial charge in [0, 0.05) is 12.2 Å². The van der Waals surface area contributed by atoms with Gasteiger partial charge in [-0.3, -0.25) is 19.3 Å². The van der Waals surface area contributed by atoms with Crippen LogP contribution in [0, 0.1) is 0 Å². The second-order valence-electron chi connectivity index (χ2n) is 6.48. The Labute approximate surface area is 162 Å². The summed E-state index contributed by atoms with van der Waals surface area (Å²) < 4.78 is 29.3. The van der Waals surface area contributed by atoms with Gasteiger partial charge in [0.25, 0.3) is 15.6 Å². The number of anilines is 1. The molecular formula is C21H19N3O3S. The van der Waals surface area contributed by atoms with Crippen LogP contribution in [0.3, 0.4) is 0 Å². The van der Waals surface area contributed by atoms with E-state index in [4.69, 9.17) is 0 Å². The van der Waals surface area contributed by atoms with Gasteiger partial charge in [-0.1, -0.05) is 48.5 Å². The summed E-state index contributed by atoms with van der Waals surface area (Å²) in [5.41, 5.74) is 2.02. The Balaban J connectivity index is 1.60. The van der Waals surface area contributed by atoms with E-state index in [1.807, 2.05) is 30.3 Å². The van der Waals surface area contributed by atoms with Crippen LogP contribution in [0.25, 0.3) is 10.9 Å². The minimum atomic E-state index is -3.70. The van der Waals surface area contributed by atoms with E-state index < -0.39 is 10.0 Å². The van der Waals surface area contributed by atoms with Crippen molar-refractivity contribution in [3.05, 3.63) is 94.8 Å². The van der Waals surface area contributed by atoms with Crippen LogP contribution in [0.2, 0.25) is 0 Å². The third kappa shape index (κ3) is 3.70. The van der Waals surface area contributed by atoms with Crippen LogP contribution in [-0.4, -0.2) is 18.2 Å². The predicted octanol–water partition coefficient (Wildman–Crippen LogP) is 3.37. The minimum Gasteiger partial charge on any atom is -0.284 e. The molecule has 7 heteroatoms. The van der Waals surface area contributed by atoms with Crippen LogP contribution >= 0.6 is 0 Å². The summed E-state index contributed by atoms with van der Waals surface area (Å²) in [5.74, 6) is 0. The first-order valence-corrected chi connectivity index (χ1v) is 10.4. The van der Waals surface area contributed by atoms with Crippen molar-refractivity contribution < 1.29 is 8.42 Å². The number of benzene rings is 3. The lowest BCUT2D eigenvalue weighted by Gasteiger charge is -2.09. The molecule has 0 spiro atoms. The fraction of sp³-hybridized carbons (Fsp3) is 0.0952. The highest BCUT2D eigenvalue weighted by molar-refractivity contribution is 7.92. The number of hydrogen-bond acceptors (Lipinski definition) is 3. The summed E-state index contributed by atoms with van der Waals surface area (Å²) in [4.78, 5) is 12.5. The molecule has 28 heavy (non-hydrogen) atoms. The summed E-state index contributed by atoms with van der Waals surface area (Å²) in [6.07, 6.45) is 0.781. The van der Waals surface area contributed by atoms with Gasteiger partial charge in [-0.05, 0) is 42.3 Å². The summed E-state index contributed by atoms with van der Waals surface area (Å²) in [6.45, 7) is 0.623. The van der Waals surface area contributed by atoms with E-state index in [9.17, 15) is 13.2 Å². The first-order chi connectivity index (χ1) is 13.5. The molecule has 6 nitrogen and oxygen atoms in total. The lowest BCUT2D eigenvalue weighted by molar-refractivity contribution is 0.601. The van der Waals surface area contributed by atoms with Crippen LogP contribution in [0.4, 0.5) is 5.69 Å². The van der Waals surface area contributed by atoms with E-state index in [1.165, 1.54) is 17.7 Å². The maximum atomic E-state index is 12.5. The van der Waals surface area contributed by atoms with Crippen molar-refractivity contribution in [3.63, 3.8) is 0 Å². The van der Waals surface area contributed by atoms with Gasteiger partial charge >= 0.3 is 0 Å². The molecule has 0 unspecified atom stereocenters. The Hall–Kier alpha value is -3.32. The number of aromatic amines is 1. The molecule has 2 N–H and O–H groups in total. The monoisotopic (exact) mass is 393 g/mol. The molecule has 0 aliphatic heterocycles. The van der Waals surface area contributed by atoms with Gasteiger partial charge in [0.15, 0.2) is 0 Å². The molecule has 1 heterocycles. The summed E-state index contributed by atoms with van der Waals surface area (Å²) in [5, 5.41) is 3.27. The first-order valence-electron chi connectivity index (χ1n) is 8.87. The number of sulfonamides is 1. The summed E-state index contributed by atoms with van der Waals surface area (Å²) >= 11 is 0. The van der Waals surface area contributed by atoms with Gasteiger partial charge in [-0.2, -0.15) is 0 Å². The van der Waals surface area contributed by atoms with Crippen LogP contribution in [0.5, 0.6) is 0 Å². The molecule has 0 saturated carbocycles. The normalized spacial score (nSPS) is 11.6. The highest BCUT2D eigenvalue weighted by Gasteiger charge is 2.15. The second kappa shape index (κ2) is 7.36. The van der Waals surface area contributed by atoms with E-state index in [0.29, 0.717) is 17.6 Å². The molecule has 0 amide bonds. The number of rotatable bonds is 6. The number of aromatic nitrogens is 2. The Morgan fingerprint density at radius 2 is 1.57 bits per heavy atom. The molecule has 4 rings (SSSR count). The number of aryl methyl sites for hydroxylation is 2. The molecule has 0 fully saturated rings. The van der Waals surface area contributed by atoms with E-state index in [-0.39, 0.29) is 10.5 Å². The quantitative estimate of drug-likeness (QED) is 0.527. The number of hydrogen-bond donors (Lipinski definition) is 2. The first kappa shape index (κ1) is 18.1. The van der Waals surface area contributed by atoms with Gasteiger partial charge in [0.05, 0.1) is 15.8 Å². The largest absolute Gasteiger partial charge is 0.284 e. The maximum Gasteiger partial charge on any atom is 0.272 e. The highest BCUT2D eigenvalue weighted by atomic mass is 32.2. The van der Waals surface area contributed by atoms with Crippen LogP contribution < -0.4 is 10.3 Å². The summed E-state index contributed by atoms with van der Waals surface area (Å²) in [7, 11) is -3.70. The zero-order valence-electron chi connectivity index (χ0n) is 15.0. The molecule has 0 aliphatic rings. The average molecular weight is 393 g/mol. The summed E-state index contributed by atoms with van der Waals surface area (Å²) in [6, 6.07) is 23.1. The third-order valence-electron chi connectivity index (χ3n) is 4.54. The number of fused-ring (bicyclic) bond motifs is 1. The third-order valence-corrected chi connectivity index (χ3v) is 5.94. The van der Waals surface area contributed by atoms with E-state index in [0.717, 1.165) is 11.9 Å². The zero-order valence-corrected chi connectivity index (χ0v) is 15.8. The molecule has 0 atom stereocenters. The van der Waals surface area contributed by atoms with Crippen molar-refractivity contribution in [3.8, 4) is 0 Å². The number of H-pyrrole nitrogens is 1.